The number of likely N-dealkylation sites (tertiary alicyclic amines) is 1. The number of methoxy groups -OCH3 is 1. The molecular weight excluding hydrogens is 398 g/mol. The number of piperazine rings is 1. The maximum atomic E-state index is 12.5. The molecule has 32 heavy (non-hydrogen) atoms. The van der Waals surface area contributed by atoms with Crippen LogP contribution in [0.1, 0.15) is 27.9 Å². The second-order valence-electron chi connectivity index (χ2n) is 8.74. The highest BCUT2D eigenvalue weighted by atomic mass is 16.5. The van der Waals surface area contributed by atoms with Gasteiger partial charge in [0, 0.05) is 43.8 Å². The monoisotopic (exact) mass is 427 g/mol. The molecule has 2 N–H and O–H groups in total. The van der Waals surface area contributed by atoms with Gasteiger partial charge >= 0.3 is 0 Å². The van der Waals surface area contributed by atoms with Gasteiger partial charge in [-0.3, -0.25) is 9.69 Å². The van der Waals surface area contributed by atoms with Crippen LogP contribution < -0.4 is 15.4 Å². The Morgan fingerprint density at radius 3 is 2.50 bits per heavy atom. The van der Waals surface area contributed by atoms with Crippen molar-refractivity contribution >= 4 is 5.91 Å². The van der Waals surface area contributed by atoms with Gasteiger partial charge in [-0.05, 0) is 59.0 Å². The largest absolute Gasteiger partial charge is 0.497 e. The normalized spacial score (nSPS) is 19.8. The lowest BCUT2D eigenvalue weighted by molar-refractivity contribution is 0.0950. The van der Waals surface area contributed by atoms with Crippen LogP contribution in [0.3, 0.4) is 0 Å². The maximum Gasteiger partial charge on any atom is 0.251 e. The molecule has 164 valence electrons. The lowest BCUT2D eigenvalue weighted by atomic mass is 10.0. The molecule has 5 nitrogen and oxygen atoms in total. The van der Waals surface area contributed by atoms with E-state index in [9.17, 15) is 4.79 Å². The third-order valence-electron chi connectivity index (χ3n) is 6.53. The fourth-order valence-corrected chi connectivity index (χ4v) is 4.83. The van der Waals surface area contributed by atoms with E-state index in [-0.39, 0.29) is 5.91 Å². The lowest BCUT2D eigenvalue weighted by Gasteiger charge is -2.27. The van der Waals surface area contributed by atoms with Crippen molar-refractivity contribution in [3.8, 4) is 16.9 Å². The highest BCUT2D eigenvalue weighted by Crippen LogP contribution is 2.27. The van der Waals surface area contributed by atoms with E-state index in [1.54, 1.807) is 19.2 Å². The minimum absolute atomic E-state index is 0.106. The number of nitrogens with one attached hydrogen (secondary N) is 2. The molecule has 2 aliphatic rings. The van der Waals surface area contributed by atoms with Crippen LogP contribution in [-0.2, 0) is 13.1 Å². The second kappa shape index (κ2) is 9.15. The van der Waals surface area contributed by atoms with Crippen molar-refractivity contribution in [1.29, 1.82) is 0 Å². The number of nitrogens with zero attached hydrogens (tertiary/aromatic N) is 1. The van der Waals surface area contributed by atoms with E-state index in [1.807, 2.05) is 18.2 Å². The Balaban J connectivity index is 1.25. The summed E-state index contributed by atoms with van der Waals surface area (Å²) < 4.78 is 5.21. The molecule has 5 rings (SSSR count). The summed E-state index contributed by atoms with van der Waals surface area (Å²) >= 11 is 0. The van der Waals surface area contributed by atoms with E-state index in [4.69, 9.17) is 4.74 Å². The average molecular weight is 428 g/mol. The Morgan fingerprint density at radius 1 is 1.03 bits per heavy atom. The summed E-state index contributed by atoms with van der Waals surface area (Å²) in [4.78, 5) is 15.1. The number of hydrogen-bond donors (Lipinski definition) is 2. The van der Waals surface area contributed by atoms with Crippen molar-refractivity contribution in [3.05, 3.63) is 89.5 Å². The predicted octanol–water partition coefficient (Wildman–Crippen LogP) is 3.84. The van der Waals surface area contributed by atoms with E-state index in [0.717, 1.165) is 25.2 Å². The topological polar surface area (TPSA) is 53.6 Å². The van der Waals surface area contributed by atoms with Crippen molar-refractivity contribution in [2.75, 3.05) is 20.2 Å². The van der Waals surface area contributed by atoms with E-state index in [1.165, 1.54) is 23.1 Å². The summed E-state index contributed by atoms with van der Waals surface area (Å²) in [5, 5.41) is 6.59. The van der Waals surface area contributed by atoms with Crippen molar-refractivity contribution in [2.45, 2.75) is 31.6 Å². The first kappa shape index (κ1) is 20.7. The van der Waals surface area contributed by atoms with E-state index in [2.05, 4.69) is 58.0 Å². The van der Waals surface area contributed by atoms with Crippen LogP contribution in [0.25, 0.3) is 11.1 Å². The lowest BCUT2D eigenvalue weighted by Crippen LogP contribution is -2.42. The van der Waals surface area contributed by atoms with Gasteiger partial charge in [-0.1, -0.05) is 42.5 Å². The molecule has 2 atom stereocenters. The molecule has 1 amide bonds. The second-order valence-corrected chi connectivity index (χ2v) is 8.74. The molecule has 2 fully saturated rings. The van der Waals surface area contributed by atoms with Gasteiger partial charge in [0.2, 0.25) is 0 Å². The van der Waals surface area contributed by atoms with Crippen LogP contribution >= 0.6 is 0 Å². The standard InChI is InChI=1S/C27H29N3O2/c1-32-26-10-4-9-23(13-26)27(31)29-15-19-5-2-7-21(11-19)22-8-3-6-20(12-22)17-30-18-24-14-25(30)16-28-24/h2-13,24-25,28H,14-18H2,1H3,(H,29,31)/t24-,25-/m0/s1. The van der Waals surface area contributed by atoms with E-state index < -0.39 is 0 Å². The number of hydrogen-bond acceptors (Lipinski definition) is 4. The van der Waals surface area contributed by atoms with Gasteiger partial charge in [0.25, 0.3) is 5.91 Å². The van der Waals surface area contributed by atoms with Crippen molar-refractivity contribution in [2.24, 2.45) is 0 Å². The van der Waals surface area contributed by atoms with Gasteiger partial charge in [-0.25, -0.2) is 0 Å². The van der Waals surface area contributed by atoms with Gasteiger partial charge in [-0.2, -0.15) is 0 Å². The summed E-state index contributed by atoms with van der Waals surface area (Å²) in [6.07, 6.45) is 1.28. The number of benzene rings is 3. The van der Waals surface area contributed by atoms with Gasteiger partial charge < -0.3 is 15.4 Å². The number of carbonyl (C=O) groups is 1. The summed E-state index contributed by atoms with van der Waals surface area (Å²) in [5.41, 5.74) is 5.41. The van der Waals surface area contributed by atoms with Gasteiger partial charge in [0.05, 0.1) is 7.11 Å². The fourth-order valence-electron chi connectivity index (χ4n) is 4.83. The zero-order valence-corrected chi connectivity index (χ0v) is 18.4. The van der Waals surface area contributed by atoms with Crippen LogP contribution in [0.2, 0.25) is 0 Å². The van der Waals surface area contributed by atoms with Crippen LogP contribution in [-0.4, -0.2) is 43.1 Å². The first-order valence-corrected chi connectivity index (χ1v) is 11.3. The van der Waals surface area contributed by atoms with Crippen LogP contribution in [0, 0.1) is 0 Å². The molecule has 3 aromatic rings. The Bertz CT molecular complexity index is 1110. The van der Waals surface area contributed by atoms with Crippen molar-refractivity contribution in [1.82, 2.24) is 15.5 Å². The zero-order chi connectivity index (χ0) is 21.9. The summed E-state index contributed by atoms with van der Waals surface area (Å²) in [6.45, 7) is 3.76. The van der Waals surface area contributed by atoms with Gasteiger partial charge in [-0.15, -0.1) is 0 Å². The van der Waals surface area contributed by atoms with Crippen molar-refractivity contribution < 1.29 is 9.53 Å². The number of amides is 1. The van der Waals surface area contributed by atoms with Crippen LogP contribution in [0.5, 0.6) is 5.75 Å². The predicted molar refractivity (Wildman–Crippen MR) is 127 cm³/mol. The molecule has 2 aliphatic heterocycles. The third-order valence-corrected chi connectivity index (χ3v) is 6.53. The zero-order valence-electron chi connectivity index (χ0n) is 18.4. The maximum absolute atomic E-state index is 12.5. The Morgan fingerprint density at radius 2 is 1.78 bits per heavy atom. The third kappa shape index (κ3) is 4.54. The highest BCUT2D eigenvalue weighted by molar-refractivity contribution is 5.94. The Kier molecular flexibility index (Phi) is 5.93. The van der Waals surface area contributed by atoms with Gasteiger partial charge in [0.15, 0.2) is 0 Å². The SMILES string of the molecule is COc1cccc(C(=O)NCc2cccc(-c3cccc(CN4C[C@@H]5C[C@H]4CN5)c3)c2)c1. The summed E-state index contributed by atoms with van der Waals surface area (Å²) in [6, 6.07) is 25.8. The number of carbonyl (C=O) groups excluding carboxylic acids is 1. The minimum Gasteiger partial charge on any atom is -0.497 e. The first-order chi connectivity index (χ1) is 15.7. The molecule has 0 aliphatic carbocycles. The smallest absolute Gasteiger partial charge is 0.251 e. The molecule has 0 unspecified atom stereocenters. The Labute approximate surface area is 189 Å². The number of ether oxygens (including phenoxy) is 1. The first-order valence-electron chi connectivity index (χ1n) is 11.3. The Hall–Kier alpha value is -3.15. The highest BCUT2D eigenvalue weighted by Gasteiger charge is 2.37. The molecule has 2 heterocycles. The molecule has 0 aromatic heterocycles. The van der Waals surface area contributed by atoms with Gasteiger partial charge in [0.1, 0.15) is 5.75 Å². The minimum atomic E-state index is -0.106. The van der Waals surface area contributed by atoms with E-state index >= 15 is 0 Å². The summed E-state index contributed by atoms with van der Waals surface area (Å²) in [7, 11) is 1.60. The molecule has 2 saturated heterocycles. The number of rotatable bonds is 7. The fraction of sp³-hybridized carbons (Fsp3) is 0.296. The molecule has 0 spiro atoms. The van der Waals surface area contributed by atoms with Crippen molar-refractivity contribution in [3.63, 3.8) is 0 Å². The molecule has 0 radical (unpaired) electrons. The average Bonchev–Trinajstić information content (AvgIpc) is 3.46. The van der Waals surface area contributed by atoms with Crippen LogP contribution in [0.15, 0.2) is 72.8 Å². The molecule has 0 saturated carbocycles. The molecular formula is C27H29N3O2. The van der Waals surface area contributed by atoms with Crippen LogP contribution in [0.4, 0.5) is 0 Å². The molecule has 3 aromatic carbocycles. The quantitative estimate of drug-likeness (QED) is 0.602. The summed E-state index contributed by atoms with van der Waals surface area (Å²) in [5.74, 6) is 0.572. The number of fused-ring (bicyclic) bond motifs is 2. The molecule has 2 bridgehead atoms. The molecule has 5 heteroatoms. The van der Waals surface area contributed by atoms with E-state index in [0.29, 0.717) is 29.9 Å².